The SMILES string of the molecule is Cc1nc2sc([C@@H](c3ccc([N+](=O)[O-])cc3)N3CCC[C@@H](C)C3)c(O)n2n1. The number of hydrogen-bond donors (Lipinski definition) is 1. The summed E-state index contributed by atoms with van der Waals surface area (Å²) in [6, 6.07) is 6.43. The van der Waals surface area contributed by atoms with E-state index in [-0.39, 0.29) is 17.6 Å². The van der Waals surface area contributed by atoms with E-state index < -0.39 is 4.92 Å². The maximum atomic E-state index is 11.0. The lowest BCUT2D eigenvalue weighted by Crippen LogP contribution is -2.37. The van der Waals surface area contributed by atoms with Crippen molar-refractivity contribution in [3.05, 3.63) is 50.6 Å². The second kappa shape index (κ2) is 6.90. The Labute approximate surface area is 160 Å². The molecule has 2 aromatic heterocycles. The van der Waals surface area contributed by atoms with E-state index in [4.69, 9.17) is 0 Å². The summed E-state index contributed by atoms with van der Waals surface area (Å²) in [6.07, 6.45) is 2.27. The van der Waals surface area contributed by atoms with Crippen LogP contribution in [0.15, 0.2) is 24.3 Å². The van der Waals surface area contributed by atoms with Crippen LogP contribution >= 0.6 is 11.3 Å². The fourth-order valence-electron chi connectivity index (χ4n) is 3.79. The molecule has 1 aromatic carbocycles. The van der Waals surface area contributed by atoms with Crippen molar-refractivity contribution in [1.29, 1.82) is 0 Å². The van der Waals surface area contributed by atoms with Crippen LogP contribution in [0.25, 0.3) is 4.96 Å². The molecule has 0 saturated carbocycles. The molecule has 0 radical (unpaired) electrons. The van der Waals surface area contributed by atoms with Crippen LogP contribution in [0.5, 0.6) is 5.88 Å². The monoisotopic (exact) mass is 387 g/mol. The lowest BCUT2D eigenvalue weighted by atomic mass is 9.95. The average Bonchev–Trinajstić information content (AvgIpc) is 3.14. The number of aromatic nitrogens is 3. The lowest BCUT2D eigenvalue weighted by Gasteiger charge is -2.37. The number of likely N-dealkylation sites (tertiary alicyclic amines) is 1. The first-order valence-corrected chi connectivity index (χ1v) is 9.79. The fourth-order valence-corrected chi connectivity index (χ4v) is 4.96. The predicted molar refractivity (Wildman–Crippen MR) is 102 cm³/mol. The van der Waals surface area contributed by atoms with Crippen LogP contribution in [-0.2, 0) is 0 Å². The normalized spacial score (nSPS) is 19.4. The van der Waals surface area contributed by atoms with E-state index in [9.17, 15) is 15.2 Å². The van der Waals surface area contributed by atoms with Crippen molar-refractivity contribution in [2.45, 2.75) is 32.7 Å². The Bertz CT molecular complexity index is 981. The molecule has 3 aromatic rings. The number of non-ortho nitro benzene ring substituents is 1. The summed E-state index contributed by atoms with van der Waals surface area (Å²) in [5.74, 6) is 1.27. The number of nitro benzene ring substituents is 1. The summed E-state index contributed by atoms with van der Waals surface area (Å²) in [4.78, 5) is 18.7. The maximum Gasteiger partial charge on any atom is 0.269 e. The Hall–Kier alpha value is -2.52. The molecule has 0 aliphatic carbocycles. The van der Waals surface area contributed by atoms with Gasteiger partial charge in [-0.3, -0.25) is 15.0 Å². The van der Waals surface area contributed by atoms with Gasteiger partial charge in [-0.2, -0.15) is 4.52 Å². The number of aryl methyl sites for hydroxylation is 1. The molecular weight excluding hydrogens is 366 g/mol. The third kappa shape index (κ3) is 3.28. The van der Waals surface area contributed by atoms with Gasteiger partial charge in [0.05, 0.1) is 15.8 Å². The number of hydrogen-bond acceptors (Lipinski definition) is 7. The standard InChI is InChI=1S/C18H21N5O3S/c1-11-4-3-9-21(10-11)15(13-5-7-14(8-6-13)23(25)26)16-17(24)22-18(27-16)19-12(2)20-22/h5-8,11,15,24H,3-4,9-10H2,1-2H3/t11-,15-/m1/s1. The second-order valence-corrected chi connectivity index (χ2v) is 8.15. The van der Waals surface area contributed by atoms with Gasteiger partial charge in [0.15, 0.2) is 0 Å². The fraction of sp³-hybridized carbons (Fsp3) is 0.444. The number of thiazole rings is 1. The van der Waals surface area contributed by atoms with Gasteiger partial charge < -0.3 is 5.11 Å². The molecule has 8 nitrogen and oxygen atoms in total. The van der Waals surface area contributed by atoms with Gasteiger partial charge in [-0.15, -0.1) is 5.10 Å². The predicted octanol–water partition coefficient (Wildman–Crippen LogP) is 3.53. The molecule has 1 aliphatic rings. The zero-order valence-electron chi connectivity index (χ0n) is 15.2. The summed E-state index contributed by atoms with van der Waals surface area (Å²) >= 11 is 1.42. The second-order valence-electron chi connectivity index (χ2n) is 7.14. The molecule has 0 bridgehead atoms. The van der Waals surface area contributed by atoms with E-state index in [2.05, 4.69) is 21.9 Å². The van der Waals surface area contributed by atoms with Gasteiger partial charge in [0.1, 0.15) is 5.82 Å². The van der Waals surface area contributed by atoms with Crippen LogP contribution in [0.1, 0.15) is 42.1 Å². The molecule has 2 atom stereocenters. The number of nitro groups is 1. The highest BCUT2D eigenvalue weighted by molar-refractivity contribution is 7.17. The van der Waals surface area contributed by atoms with Crippen LogP contribution in [0.2, 0.25) is 0 Å². The third-order valence-electron chi connectivity index (χ3n) is 5.03. The van der Waals surface area contributed by atoms with Crippen molar-refractivity contribution in [2.24, 2.45) is 5.92 Å². The van der Waals surface area contributed by atoms with Crippen LogP contribution in [0.3, 0.4) is 0 Å². The van der Waals surface area contributed by atoms with Crippen molar-refractivity contribution in [1.82, 2.24) is 19.5 Å². The van der Waals surface area contributed by atoms with Gasteiger partial charge in [-0.1, -0.05) is 30.4 Å². The topological polar surface area (TPSA) is 96.8 Å². The molecule has 1 saturated heterocycles. The van der Waals surface area contributed by atoms with Gasteiger partial charge in [0.25, 0.3) is 5.69 Å². The van der Waals surface area contributed by atoms with E-state index in [0.29, 0.717) is 16.7 Å². The Morgan fingerprint density at radius 2 is 2.11 bits per heavy atom. The maximum absolute atomic E-state index is 11.0. The summed E-state index contributed by atoms with van der Waals surface area (Å²) in [5.41, 5.74) is 0.984. The lowest BCUT2D eigenvalue weighted by molar-refractivity contribution is -0.384. The van der Waals surface area contributed by atoms with E-state index in [0.717, 1.165) is 30.0 Å². The molecule has 4 rings (SSSR count). The van der Waals surface area contributed by atoms with Gasteiger partial charge >= 0.3 is 0 Å². The molecule has 1 fully saturated rings. The smallest absolute Gasteiger partial charge is 0.269 e. The van der Waals surface area contributed by atoms with Crippen molar-refractivity contribution >= 4 is 22.0 Å². The molecule has 9 heteroatoms. The van der Waals surface area contributed by atoms with E-state index in [1.165, 1.54) is 34.4 Å². The molecule has 27 heavy (non-hydrogen) atoms. The highest BCUT2D eigenvalue weighted by Crippen LogP contribution is 2.41. The number of piperidine rings is 1. The Balaban J connectivity index is 1.80. The van der Waals surface area contributed by atoms with Crippen molar-refractivity contribution in [3.63, 3.8) is 0 Å². The third-order valence-corrected chi connectivity index (χ3v) is 6.10. The largest absolute Gasteiger partial charge is 0.492 e. The zero-order valence-corrected chi connectivity index (χ0v) is 16.0. The molecule has 3 heterocycles. The van der Waals surface area contributed by atoms with Crippen molar-refractivity contribution in [2.75, 3.05) is 13.1 Å². The van der Waals surface area contributed by atoms with Gasteiger partial charge in [0.2, 0.25) is 10.8 Å². The minimum absolute atomic E-state index is 0.0620. The van der Waals surface area contributed by atoms with Gasteiger partial charge in [-0.25, -0.2) is 4.98 Å². The Kier molecular flexibility index (Phi) is 4.56. The average molecular weight is 387 g/mol. The molecule has 1 aliphatic heterocycles. The van der Waals surface area contributed by atoms with Crippen LogP contribution in [-0.4, -0.2) is 42.6 Å². The summed E-state index contributed by atoms with van der Waals surface area (Å²) in [7, 11) is 0. The van der Waals surface area contributed by atoms with E-state index >= 15 is 0 Å². The highest BCUT2D eigenvalue weighted by Gasteiger charge is 2.32. The zero-order chi connectivity index (χ0) is 19.1. The summed E-state index contributed by atoms with van der Waals surface area (Å²) < 4.78 is 1.47. The van der Waals surface area contributed by atoms with E-state index in [1.54, 1.807) is 19.1 Å². The number of aromatic hydroxyl groups is 1. The first-order chi connectivity index (χ1) is 12.9. The molecule has 0 amide bonds. The minimum atomic E-state index is -0.398. The van der Waals surface area contributed by atoms with Crippen LogP contribution < -0.4 is 0 Å². The molecule has 0 spiro atoms. The summed E-state index contributed by atoms with van der Waals surface area (Å²) in [5, 5.41) is 26.1. The number of rotatable bonds is 4. The van der Waals surface area contributed by atoms with Gasteiger partial charge in [0, 0.05) is 18.7 Å². The minimum Gasteiger partial charge on any atom is -0.492 e. The summed E-state index contributed by atoms with van der Waals surface area (Å²) in [6.45, 7) is 5.84. The molecule has 0 unspecified atom stereocenters. The first-order valence-electron chi connectivity index (χ1n) is 8.97. The van der Waals surface area contributed by atoms with Crippen molar-refractivity contribution < 1.29 is 10.0 Å². The van der Waals surface area contributed by atoms with Gasteiger partial charge in [-0.05, 0) is 37.8 Å². The molecule has 1 N–H and O–H groups in total. The molecular formula is C18H21N5O3S. The quantitative estimate of drug-likeness (QED) is 0.543. The number of benzene rings is 1. The van der Waals surface area contributed by atoms with E-state index in [1.807, 2.05) is 0 Å². The molecule has 142 valence electrons. The van der Waals surface area contributed by atoms with Crippen LogP contribution in [0.4, 0.5) is 5.69 Å². The highest BCUT2D eigenvalue weighted by atomic mass is 32.1. The number of nitrogens with zero attached hydrogens (tertiary/aromatic N) is 5. The Morgan fingerprint density at radius 3 is 2.74 bits per heavy atom. The first kappa shape index (κ1) is 17.9. The Morgan fingerprint density at radius 1 is 1.37 bits per heavy atom. The van der Waals surface area contributed by atoms with Crippen LogP contribution in [0, 0.1) is 23.0 Å². The van der Waals surface area contributed by atoms with Crippen molar-refractivity contribution in [3.8, 4) is 5.88 Å². The number of fused-ring (bicyclic) bond motifs is 1.